The first kappa shape index (κ1) is 19.7. The van der Waals surface area contributed by atoms with Crippen LogP contribution in [-0.4, -0.2) is 51.1 Å². The molecule has 7 nitrogen and oxygen atoms in total. The molecule has 3 aromatic rings. The van der Waals surface area contributed by atoms with Gasteiger partial charge >= 0.3 is 0 Å². The monoisotopic (exact) mass is 406 g/mol. The maximum absolute atomic E-state index is 5.42. The highest BCUT2D eigenvalue weighted by molar-refractivity contribution is 6.04. The summed E-state index contributed by atoms with van der Waals surface area (Å²) < 4.78 is 16.1. The molecule has 0 amide bonds. The molecule has 156 valence electrons. The summed E-state index contributed by atoms with van der Waals surface area (Å²) in [6.07, 6.45) is 4.44. The van der Waals surface area contributed by atoms with E-state index in [0.29, 0.717) is 0 Å². The first-order valence-electron chi connectivity index (χ1n) is 9.75. The van der Waals surface area contributed by atoms with Gasteiger partial charge in [-0.25, -0.2) is 4.99 Å². The molecule has 1 aromatic heterocycles. The molecule has 4 rings (SSSR count). The molecule has 0 saturated carbocycles. The number of fused-ring (bicyclic) bond motifs is 3. The third kappa shape index (κ3) is 3.66. The van der Waals surface area contributed by atoms with Crippen molar-refractivity contribution in [2.75, 3.05) is 40.2 Å². The van der Waals surface area contributed by atoms with Crippen LogP contribution in [0.5, 0.6) is 17.2 Å². The zero-order chi connectivity index (χ0) is 21.1. The fourth-order valence-electron chi connectivity index (χ4n) is 3.66. The van der Waals surface area contributed by atoms with Crippen LogP contribution in [0.1, 0.15) is 11.3 Å². The van der Waals surface area contributed by atoms with Crippen LogP contribution >= 0.6 is 0 Å². The van der Waals surface area contributed by atoms with Gasteiger partial charge in [0.1, 0.15) is 5.75 Å². The van der Waals surface area contributed by atoms with Gasteiger partial charge in [-0.1, -0.05) is 6.07 Å². The molecular formula is C23H26N4O3. The van der Waals surface area contributed by atoms with E-state index in [1.807, 2.05) is 30.5 Å². The van der Waals surface area contributed by atoms with Gasteiger partial charge < -0.3 is 29.4 Å². The predicted octanol–water partition coefficient (Wildman–Crippen LogP) is 4.12. The molecule has 30 heavy (non-hydrogen) atoms. The van der Waals surface area contributed by atoms with Crippen LogP contribution in [0.4, 0.5) is 5.69 Å². The van der Waals surface area contributed by atoms with Gasteiger partial charge in [-0.15, -0.1) is 0 Å². The molecule has 0 aliphatic carbocycles. The minimum atomic E-state index is 0.736. The molecule has 0 unspecified atom stereocenters. The smallest absolute Gasteiger partial charge is 0.160 e. The number of hydrogen-bond acceptors (Lipinski definition) is 6. The van der Waals surface area contributed by atoms with Crippen LogP contribution < -0.4 is 19.5 Å². The lowest BCUT2D eigenvalue weighted by molar-refractivity contribution is 0.354. The topological polar surface area (TPSA) is 71.1 Å². The second kappa shape index (κ2) is 8.41. The molecule has 0 spiro atoms. The molecule has 0 radical (unpaired) electrons. The van der Waals surface area contributed by atoms with E-state index in [4.69, 9.17) is 14.2 Å². The van der Waals surface area contributed by atoms with Crippen molar-refractivity contribution in [3.63, 3.8) is 0 Å². The lowest BCUT2D eigenvalue weighted by Gasteiger charge is -2.22. The fourth-order valence-corrected chi connectivity index (χ4v) is 3.66. The number of H-pyrrole nitrogens is 1. The number of benzene rings is 2. The summed E-state index contributed by atoms with van der Waals surface area (Å²) in [6.45, 7) is 0.814. The average Bonchev–Trinajstić information content (AvgIpc) is 3.00. The van der Waals surface area contributed by atoms with Crippen molar-refractivity contribution in [2.24, 2.45) is 4.99 Å². The lowest BCUT2D eigenvalue weighted by Crippen LogP contribution is -2.20. The van der Waals surface area contributed by atoms with E-state index < -0.39 is 0 Å². The molecule has 1 aliphatic heterocycles. The first-order valence-corrected chi connectivity index (χ1v) is 9.75. The van der Waals surface area contributed by atoms with E-state index in [0.717, 1.165) is 58.2 Å². The van der Waals surface area contributed by atoms with Crippen molar-refractivity contribution in [1.82, 2.24) is 9.88 Å². The number of ether oxygens (including phenoxy) is 3. The highest BCUT2D eigenvalue weighted by atomic mass is 16.5. The number of likely N-dealkylation sites (N-methyl/N-ethyl adjacent to an activating group) is 1. The van der Waals surface area contributed by atoms with Gasteiger partial charge in [0.25, 0.3) is 0 Å². The van der Waals surface area contributed by atoms with Crippen molar-refractivity contribution in [3.8, 4) is 17.2 Å². The van der Waals surface area contributed by atoms with Crippen LogP contribution in [0, 0.1) is 0 Å². The summed E-state index contributed by atoms with van der Waals surface area (Å²) in [5, 5.41) is 4.39. The zero-order valence-electron chi connectivity index (χ0n) is 17.7. The van der Waals surface area contributed by atoms with Crippen LogP contribution in [0.3, 0.4) is 0 Å². The standard InChI is InChI=1S/C23H26N4O3/c1-27(10-9-15-5-8-20(29-3)21(11-15)30-4)19-13-24-14-25-22-17-7-6-16(28-2)12-18(17)26-23(19)22/h5-8,11-14,26H,9-10H2,1-4H3,(H,24,25). The Labute approximate surface area is 176 Å². The molecule has 2 aromatic carbocycles. The highest BCUT2D eigenvalue weighted by Crippen LogP contribution is 2.36. The summed E-state index contributed by atoms with van der Waals surface area (Å²) in [5.41, 5.74) is 5.23. The summed E-state index contributed by atoms with van der Waals surface area (Å²) >= 11 is 0. The fraction of sp³-hybridized carbons (Fsp3) is 0.261. The van der Waals surface area contributed by atoms with Crippen LogP contribution in [0.15, 0.2) is 47.6 Å². The maximum atomic E-state index is 5.42. The number of rotatable bonds is 7. The van der Waals surface area contributed by atoms with Gasteiger partial charge in [-0.3, -0.25) is 0 Å². The van der Waals surface area contributed by atoms with Crippen molar-refractivity contribution in [2.45, 2.75) is 6.42 Å². The quantitative estimate of drug-likeness (QED) is 0.618. The van der Waals surface area contributed by atoms with Gasteiger partial charge in [-0.05, 0) is 36.2 Å². The number of aliphatic imine (C=N–C) groups is 1. The number of nitrogens with zero attached hydrogens (tertiary/aromatic N) is 2. The predicted molar refractivity (Wildman–Crippen MR) is 121 cm³/mol. The van der Waals surface area contributed by atoms with Crippen LogP contribution in [-0.2, 0) is 6.42 Å². The van der Waals surface area contributed by atoms with Crippen molar-refractivity contribution < 1.29 is 14.2 Å². The second-order valence-electron chi connectivity index (χ2n) is 7.08. The minimum Gasteiger partial charge on any atom is -0.497 e. The number of nitrogens with one attached hydrogen (secondary N) is 2. The molecule has 0 bridgehead atoms. The third-order valence-corrected chi connectivity index (χ3v) is 5.34. The van der Waals surface area contributed by atoms with Gasteiger partial charge in [0.2, 0.25) is 0 Å². The van der Waals surface area contributed by atoms with E-state index in [-0.39, 0.29) is 0 Å². The molecule has 0 atom stereocenters. The van der Waals surface area contributed by atoms with Crippen molar-refractivity contribution in [3.05, 3.63) is 53.9 Å². The number of methoxy groups -OCH3 is 3. The normalized spacial score (nSPS) is 12.6. The summed E-state index contributed by atoms with van der Waals surface area (Å²) in [5.74, 6) is 2.30. The Hall–Kier alpha value is -3.61. The number of aromatic nitrogens is 1. The van der Waals surface area contributed by atoms with Crippen molar-refractivity contribution in [1.29, 1.82) is 0 Å². The summed E-state index contributed by atoms with van der Waals surface area (Å²) in [7, 11) is 7.05. The third-order valence-electron chi connectivity index (χ3n) is 5.34. The SMILES string of the molecule is COc1ccc2c3c([nH]c2c1)C(N(C)CCc1ccc(OC)c(OC)c1)=CN=CN3. The second-order valence-corrected chi connectivity index (χ2v) is 7.08. The van der Waals surface area contributed by atoms with Crippen molar-refractivity contribution >= 4 is 28.6 Å². The Morgan fingerprint density at radius 3 is 2.57 bits per heavy atom. The molecule has 2 N–H and O–H groups in total. The number of anilines is 1. The Balaban J connectivity index is 1.58. The Kier molecular flexibility index (Phi) is 5.52. The molecule has 1 aliphatic rings. The first-order chi connectivity index (χ1) is 14.6. The lowest BCUT2D eigenvalue weighted by atomic mass is 10.1. The van der Waals surface area contributed by atoms with Gasteiger partial charge in [0, 0.05) is 25.0 Å². The van der Waals surface area contributed by atoms with E-state index in [1.165, 1.54) is 5.56 Å². The van der Waals surface area contributed by atoms with E-state index in [1.54, 1.807) is 27.7 Å². The number of hydrogen-bond donors (Lipinski definition) is 2. The largest absolute Gasteiger partial charge is 0.497 e. The van der Waals surface area contributed by atoms with E-state index in [9.17, 15) is 0 Å². The summed E-state index contributed by atoms with van der Waals surface area (Å²) in [6, 6.07) is 12.0. The Bertz CT molecular complexity index is 1120. The average molecular weight is 406 g/mol. The minimum absolute atomic E-state index is 0.736. The maximum Gasteiger partial charge on any atom is 0.160 e. The van der Waals surface area contributed by atoms with Gasteiger partial charge in [-0.2, -0.15) is 0 Å². The van der Waals surface area contributed by atoms with Crippen LogP contribution in [0.2, 0.25) is 0 Å². The number of aromatic amines is 1. The Morgan fingerprint density at radius 1 is 0.967 bits per heavy atom. The van der Waals surface area contributed by atoms with E-state index in [2.05, 4.69) is 39.4 Å². The highest BCUT2D eigenvalue weighted by Gasteiger charge is 2.19. The van der Waals surface area contributed by atoms with Gasteiger partial charge in [0.15, 0.2) is 11.5 Å². The molecule has 7 heteroatoms. The molecule has 2 heterocycles. The van der Waals surface area contributed by atoms with Crippen LogP contribution in [0.25, 0.3) is 16.6 Å². The summed E-state index contributed by atoms with van der Waals surface area (Å²) in [4.78, 5) is 10.1. The molecular weight excluding hydrogens is 380 g/mol. The molecule has 0 saturated heterocycles. The van der Waals surface area contributed by atoms with Gasteiger partial charge in [0.05, 0.1) is 56.5 Å². The van der Waals surface area contributed by atoms with E-state index >= 15 is 0 Å². The Morgan fingerprint density at radius 2 is 1.80 bits per heavy atom. The zero-order valence-corrected chi connectivity index (χ0v) is 17.7. The molecule has 0 fully saturated rings.